The molecule has 0 saturated heterocycles. The van der Waals surface area contributed by atoms with E-state index in [2.05, 4.69) is 5.92 Å². The summed E-state index contributed by atoms with van der Waals surface area (Å²) < 4.78 is 15.8. The van der Waals surface area contributed by atoms with Gasteiger partial charge in [-0.1, -0.05) is 36.3 Å². The average molecular weight is 386 g/mol. The average Bonchev–Trinajstić information content (AvgIpc) is 3.44. The van der Waals surface area contributed by atoms with Crippen LogP contribution in [0.2, 0.25) is 0 Å². The van der Waals surface area contributed by atoms with Crippen LogP contribution in [0.15, 0.2) is 30.3 Å². The molecular formula is C22H26O6. The van der Waals surface area contributed by atoms with Gasteiger partial charge in [0.15, 0.2) is 11.0 Å². The minimum Gasteiger partial charge on any atom is -0.465 e. The molecule has 1 aliphatic carbocycles. The summed E-state index contributed by atoms with van der Waals surface area (Å²) in [5.74, 6) is -0.0788. The number of rotatable bonds is 9. The maximum absolute atomic E-state index is 12.6. The molecule has 150 valence electrons. The smallest absolute Gasteiger partial charge is 0.323 e. The van der Waals surface area contributed by atoms with Crippen molar-refractivity contribution in [1.29, 1.82) is 0 Å². The van der Waals surface area contributed by atoms with Crippen LogP contribution in [0.5, 0.6) is 0 Å². The number of hydrogen-bond donors (Lipinski definition) is 0. The van der Waals surface area contributed by atoms with Gasteiger partial charge in [-0.3, -0.25) is 14.4 Å². The highest BCUT2D eigenvalue weighted by Gasteiger charge is 2.75. The molecule has 1 aromatic rings. The molecule has 0 radical (unpaired) electrons. The van der Waals surface area contributed by atoms with Gasteiger partial charge >= 0.3 is 17.9 Å². The largest absolute Gasteiger partial charge is 0.465 e. The van der Waals surface area contributed by atoms with Crippen molar-refractivity contribution in [1.82, 2.24) is 0 Å². The normalized spacial score (nSPS) is 18.9. The SMILES string of the molecule is C#CC(CCc1ccccc1)(OC(C)=O)C1CC1(C(=O)OCC)C(=O)OCC. The van der Waals surface area contributed by atoms with E-state index in [4.69, 9.17) is 20.6 Å². The first-order valence-corrected chi connectivity index (χ1v) is 9.42. The number of carbonyl (C=O) groups is 3. The first kappa shape index (κ1) is 21.5. The van der Waals surface area contributed by atoms with Crippen LogP contribution in [-0.2, 0) is 35.0 Å². The number of ether oxygens (including phenoxy) is 3. The van der Waals surface area contributed by atoms with Crippen LogP contribution in [0.3, 0.4) is 0 Å². The zero-order chi connectivity index (χ0) is 20.8. The molecule has 0 heterocycles. The topological polar surface area (TPSA) is 78.9 Å². The van der Waals surface area contributed by atoms with Crippen LogP contribution in [0.25, 0.3) is 0 Å². The lowest BCUT2D eigenvalue weighted by Crippen LogP contribution is -2.43. The molecule has 0 amide bonds. The molecule has 0 aromatic heterocycles. The van der Waals surface area contributed by atoms with Crippen LogP contribution in [0.1, 0.15) is 39.2 Å². The fourth-order valence-corrected chi connectivity index (χ4v) is 3.61. The van der Waals surface area contributed by atoms with Crippen molar-refractivity contribution in [3.8, 4) is 12.3 Å². The third kappa shape index (κ3) is 4.19. The lowest BCUT2D eigenvalue weighted by atomic mass is 9.85. The molecule has 2 atom stereocenters. The second-order valence-corrected chi connectivity index (χ2v) is 6.78. The van der Waals surface area contributed by atoms with Gasteiger partial charge in [-0.05, 0) is 32.3 Å². The standard InChI is InChI=1S/C22H26O6/c1-5-21(28-16(4)23,14-13-17-11-9-8-10-12-17)18-15-22(18,19(24)26-6-2)20(25)27-7-3/h1,8-12,18H,6-7,13-15H2,2-4H3. The van der Waals surface area contributed by atoms with E-state index in [0.717, 1.165) is 5.56 Å². The molecule has 2 rings (SSSR count). The highest BCUT2D eigenvalue weighted by molar-refractivity contribution is 6.04. The molecule has 1 aliphatic rings. The van der Waals surface area contributed by atoms with Crippen molar-refractivity contribution in [2.45, 2.75) is 45.6 Å². The van der Waals surface area contributed by atoms with E-state index in [-0.39, 0.29) is 26.1 Å². The van der Waals surface area contributed by atoms with Crippen molar-refractivity contribution in [2.24, 2.45) is 11.3 Å². The summed E-state index contributed by atoms with van der Waals surface area (Å²) in [4.78, 5) is 37.1. The summed E-state index contributed by atoms with van der Waals surface area (Å²) in [6.07, 6.45) is 6.72. The Bertz CT molecular complexity index is 745. The molecule has 2 unspecified atom stereocenters. The van der Waals surface area contributed by atoms with Crippen LogP contribution >= 0.6 is 0 Å². The lowest BCUT2D eigenvalue weighted by molar-refractivity contribution is -0.170. The Morgan fingerprint density at radius 1 is 1.14 bits per heavy atom. The maximum Gasteiger partial charge on any atom is 0.323 e. The van der Waals surface area contributed by atoms with Crippen LogP contribution < -0.4 is 0 Å². The minimum atomic E-state index is -1.54. The van der Waals surface area contributed by atoms with E-state index in [0.29, 0.717) is 6.42 Å². The Morgan fingerprint density at radius 3 is 2.18 bits per heavy atom. The predicted octanol–water partition coefficient (Wildman–Crippen LogP) is 2.69. The van der Waals surface area contributed by atoms with Crippen molar-refractivity contribution in [3.05, 3.63) is 35.9 Å². The van der Waals surface area contributed by atoms with Gasteiger partial charge in [-0.2, -0.15) is 0 Å². The first-order valence-electron chi connectivity index (χ1n) is 9.42. The molecule has 1 fully saturated rings. The summed E-state index contributed by atoms with van der Waals surface area (Å²) in [6.45, 7) is 4.81. The Hall–Kier alpha value is -2.81. The van der Waals surface area contributed by atoms with E-state index >= 15 is 0 Å². The summed E-state index contributed by atoms with van der Waals surface area (Å²) in [7, 11) is 0. The second kappa shape index (κ2) is 8.92. The van der Waals surface area contributed by atoms with Gasteiger partial charge in [0.05, 0.1) is 13.2 Å². The number of carbonyl (C=O) groups excluding carboxylic acids is 3. The zero-order valence-electron chi connectivity index (χ0n) is 16.5. The van der Waals surface area contributed by atoms with Crippen molar-refractivity contribution < 1.29 is 28.6 Å². The minimum absolute atomic E-state index is 0.118. The highest BCUT2D eigenvalue weighted by Crippen LogP contribution is 2.61. The van der Waals surface area contributed by atoms with E-state index in [9.17, 15) is 14.4 Å². The maximum atomic E-state index is 12.6. The Morgan fingerprint density at radius 2 is 1.71 bits per heavy atom. The second-order valence-electron chi connectivity index (χ2n) is 6.78. The van der Waals surface area contributed by atoms with E-state index in [1.54, 1.807) is 13.8 Å². The highest BCUT2D eigenvalue weighted by atomic mass is 16.6. The molecular weight excluding hydrogens is 360 g/mol. The van der Waals surface area contributed by atoms with Gasteiger partial charge in [0, 0.05) is 19.3 Å². The Labute approximate surface area is 165 Å². The monoisotopic (exact) mass is 386 g/mol. The van der Waals surface area contributed by atoms with Gasteiger partial charge in [0.1, 0.15) is 0 Å². The molecule has 0 bridgehead atoms. The summed E-state index contributed by atoms with van der Waals surface area (Å²) in [6, 6.07) is 9.57. The zero-order valence-corrected chi connectivity index (χ0v) is 16.5. The number of terminal acetylenes is 1. The molecule has 1 saturated carbocycles. The Balaban J connectivity index is 2.36. The van der Waals surface area contributed by atoms with Crippen LogP contribution in [0, 0.1) is 23.7 Å². The van der Waals surface area contributed by atoms with Crippen LogP contribution in [-0.4, -0.2) is 36.7 Å². The summed E-state index contributed by atoms with van der Waals surface area (Å²) in [5, 5.41) is 0. The fraction of sp³-hybridized carbons (Fsp3) is 0.500. The number of hydrogen-bond acceptors (Lipinski definition) is 6. The van der Waals surface area contributed by atoms with Gasteiger partial charge < -0.3 is 14.2 Å². The van der Waals surface area contributed by atoms with Crippen molar-refractivity contribution in [2.75, 3.05) is 13.2 Å². The van der Waals surface area contributed by atoms with Crippen molar-refractivity contribution >= 4 is 17.9 Å². The number of benzene rings is 1. The predicted molar refractivity (Wildman–Crippen MR) is 102 cm³/mol. The van der Waals surface area contributed by atoms with Gasteiger partial charge in [0.2, 0.25) is 0 Å². The molecule has 6 nitrogen and oxygen atoms in total. The lowest BCUT2D eigenvalue weighted by Gasteiger charge is -2.30. The molecule has 6 heteroatoms. The first-order chi connectivity index (χ1) is 13.4. The van der Waals surface area contributed by atoms with Gasteiger partial charge in [-0.25, -0.2) is 0 Å². The molecule has 1 aromatic carbocycles. The third-order valence-corrected chi connectivity index (χ3v) is 5.00. The third-order valence-electron chi connectivity index (χ3n) is 5.00. The molecule has 28 heavy (non-hydrogen) atoms. The summed E-state index contributed by atoms with van der Waals surface area (Å²) in [5.41, 5.74) is -1.93. The summed E-state index contributed by atoms with van der Waals surface area (Å²) >= 11 is 0. The van der Waals surface area contributed by atoms with Gasteiger partial charge in [-0.15, -0.1) is 6.42 Å². The quantitative estimate of drug-likeness (QED) is 0.281. The Kier molecular flexibility index (Phi) is 6.85. The van der Waals surface area contributed by atoms with Crippen LogP contribution in [0.4, 0.5) is 0 Å². The van der Waals surface area contributed by atoms with Crippen molar-refractivity contribution in [3.63, 3.8) is 0 Å². The molecule has 0 N–H and O–H groups in total. The molecule has 0 spiro atoms. The van der Waals surface area contributed by atoms with E-state index in [1.165, 1.54) is 6.92 Å². The van der Waals surface area contributed by atoms with Gasteiger partial charge in [0.25, 0.3) is 0 Å². The number of esters is 3. The molecule has 0 aliphatic heterocycles. The number of aryl methyl sites for hydroxylation is 1. The fourth-order valence-electron chi connectivity index (χ4n) is 3.61. The van der Waals surface area contributed by atoms with E-state index in [1.807, 2.05) is 30.3 Å². The van der Waals surface area contributed by atoms with E-state index < -0.39 is 34.8 Å².